The first-order chi connectivity index (χ1) is 14.1. The standard InChI is InChI=1S/C25H26O4/c26-23(25-13-17-10-18(14-25)12-19(11-17)15-25)16-28-24(27)20-6-8-22(9-7-20)29-21-4-2-1-3-5-21/h1-9,17-19H,10-16H2. The van der Waals surface area contributed by atoms with Gasteiger partial charge >= 0.3 is 5.97 Å². The molecule has 0 aliphatic heterocycles. The molecule has 29 heavy (non-hydrogen) atoms. The fourth-order valence-corrected chi connectivity index (χ4v) is 6.10. The van der Waals surface area contributed by atoms with Crippen LogP contribution in [0.2, 0.25) is 0 Å². The highest BCUT2D eigenvalue weighted by Gasteiger charge is 2.54. The topological polar surface area (TPSA) is 52.6 Å². The maximum Gasteiger partial charge on any atom is 0.338 e. The van der Waals surface area contributed by atoms with Crippen molar-refractivity contribution >= 4 is 11.8 Å². The third-order valence-corrected chi connectivity index (χ3v) is 7.03. The largest absolute Gasteiger partial charge is 0.457 e. The summed E-state index contributed by atoms with van der Waals surface area (Å²) in [6.45, 7) is -0.104. The van der Waals surface area contributed by atoms with Gasteiger partial charge in [-0.2, -0.15) is 0 Å². The van der Waals surface area contributed by atoms with E-state index in [-0.39, 0.29) is 17.8 Å². The molecule has 0 N–H and O–H groups in total. The Morgan fingerprint density at radius 2 is 1.34 bits per heavy atom. The Kier molecular flexibility index (Phi) is 4.65. The fourth-order valence-electron chi connectivity index (χ4n) is 6.10. The van der Waals surface area contributed by atoms with Gasteiger partial charge in [-0.3, -0.25) is 4.79 Å². The van der Waals surface area contributed by atoms with Crippen molar-refractivity contribution in [1.82, 2.24) is 0 Å². The number of benzene rings is 2. The van der Waals surface area contributed by atoms with E-state index in [1.807, 2.05) is 30.3 Å². The van der Waals surface area contributed by atoms with Gasteiger partial charge in [0.2, 0.25) is 0 Å². The number of ketones is 1. The van der Waals surface area contributed by atoms with E-state index >= 15 is 0 Å². The monoisotopic (exact) mass is 390 g/mol. The molecule has 4 heteroatoms. The van der Waals surface area contributed by atoms with Gasteiger partial charge in [-0.15, -0.1) is 0 Å². The SMILES string of the molecule is O=C(OCC(=O)C12CC3CC(CC(C3)C1)C2)c1ccc(Oc2ccccc2)cc1. The van der Waals surface area contributed by atoms with Gasteiger partial charge in [-0.25, -0.2) is 4.79 Å². The summed E-state index contributed by atoms with van der Waals surface area (Å²) in [5.41, 5.74) is 0.214. The van der Waals surface area contributed by atoms with Gasteiger partial charge < -0.3 is 9.47 Å². The lowest BCUT2D eigenvalue weighted by Crippen LogP contribution is -2.51. The van der Waals surface area contributed by atoms with Crippen LogP contribution in [0, 0.1) is 23.2 Å². The van der Waals surface area contributed by atoms with Crippen LogP contribution in [0.25, 0.3) is 0 Å². The molecule has 4 saturated carbocycles. The van der Waals surface area contributed by atoms with Crippen molar-refractivity contribution in [3.8, 4) is 11.5 Å². The van der Waals surface area contributed by atoms with Crippen LogP contribution in [-0.2, 0) is 9.53 Å². The second-order valence-electron chi connectivity index (χ2n) is 9.14. The number of para-hydroxylation sites is 1. The molecule has 2 aromatic carbocycles. The first-order valence-electron chi connectivity index (χ1n) is 10.6. The minimum atomic E-state index is -0.450. The third kappa shape index (κ3) is 3.68. The van der Waals surface area contributed by atoms with Crippen molar-refractivity contribution in [1.29, 1.82) is 0 Å². The normalized spacial score (nSPS) is 29.4. The molecule has 4 nitrogen and oxygen atoms in total. The molecule has 0 saturated heterocycles. The highest BCUT2D eigenvalue weighted by atomic mass is 16.5. The summed E-state index contributed by atoms with van der Waals surface area (Å²) in [6.07, 6.45) is 6.89. The Morgan fingerprint density at radius 1 is 0.793 bits per heavy atom. The zero-order valence-electron chi connectivity index (χ0n) is 16.5. The van der Waals surface area contributed by atoms with E-state index in [1.165, 1.54) is 19.3 Å². The van der Waals surface area contributed by atoms with E-state index in [4.69, 9.17) is 9.47 Å². The maximum atomic E-state index is 13.0. The van der Waals surface area contributed by atoms with E-state index in [0.29, 0.717) is 29.1 Å². The number of rotatable bonds is 6. The van der Waals surface area contributed by atoms with Gasteiger partial charge in [0.25, 0.3) is 0 Å². The number of carbonyl (C=O) groups is 2. The lowest BCUT2D eigenvalue weighted by Gasteiger charge is -2.55. The zero-order chi connectivity index (χ0) is 19.8. The summed E-state index contributed by atoms with van der Waals surface area (Å²) < 4.78 is 11.2. The summed E-state index contributed by atoms with van der Waals surface area (Å²) in [5.74, 6) is 3.19. The highest BCUT2D eigenvalue weighted by molar-refractivity contribution is 5.93. The molecular weight excluding hydrogens is 364 g/mol. The number of Topliss-reactive ketones (excluding diaryl/α,β-unsaturated/α-hetero) is 1. The molecule has 0 aromatic heterocycles. The molecule has 150 valence electrons. The molecule has 0 radical (unpaired) electrons. The van der Waals surface area contributed by atoms with Crippen molar-refractivity contribution in [2.45, 2.75) is 38.5 Å². The molecule has 4 aliphatic rings. The van der Waals surface area contributed by atoms with Crippen LogP contribution in [0.15, 0.2) is 54.6 Å². The first-order valence-corrected chi connectivity index (χ1v) is 10.6. The molecule has 6 rings (SSSR count). The number of ether oxygens (including phenoxy) is 2. The van der Waals surface area contributed by atoms with Gasteiger partial charge in [0.1, 0.15) is 11.5 Å². The van der Waals surface area contributed by atoms with Gasteiger partial charge in [-0.05, 0) is 92.7 Å². The number of esters is 1. The van der Waals surface area contributed by atoms with Crippen molar-refractivity contribution in [2.75, 3.05) is 6.61 Å². The summed E-state index contributed by atoms with van der Waals surface area (Å²) in [6, 6.07) is 16.3. The molecule has 0 amide bonds. The second kappa shape index (κ2) is 7.33. The minimum Gasteiger partial charge on any atom is -0.457 e. The minimum absolute atomic E-state index is 0.104. The first kappa shape index (κ1) is 18.4. The van der Waals surface area contributed by atoms with Crippen LogP contribution in [-0.4, -0.2) is 18.4 Å². The van der Waals surface area contributed by atoms with Gasteiger partial charge in [0.15, 0.2) is 12.4 Å². The molecule has 0 spiro atoms. The predicted octanol–water partition coefficient (Wildman–Crippen LogP) is 5.42. The molecule has 2 aromatic rings. The Hall–Kier alpha value is -2.62. The number of hydrogen-bond acceptors (Lipinski definition) is 4. The van der Waals surface area contributed by atoms with E-state index in [1.54, 1.807) is 24.3 Å². The molecule has 0 heterocycles. The second-order valence-corrected chi connectivity index (χ2v) is 9.14. The van der Waals surface area contributed by atoms with E-state index in [9.17, 15) is 9.59 Å². The van der Waals surface area contributed by atoms with Gasteiger partial charge in [0, 0.05) is 5.41 Å². The molecule has 4 aliphatic carbocycles. The van der Waals surface area contributed by atoms with Crippen LogP contribution >= 0.6 is 0 Å². The molecular formula is C25H26O4. The number of hydrogen-bond donors (Lipinski definition) is 0. The van der Waals surface area contributed by atoms with E-state index in [0.717, 1.165) is 25.0 Å². The van der Waals surface area contributed by atoms with Crippen molar-refractivity contribution < 1.29 is 19.1 Å². The van der Waals surface area contributed by atoms with Gasteiger partial charge in [-0.1, -0.05) is 18.2 Å². The summed E-state index contributed by atoms with van der Waals surface area (Å²) in [7, 11) is 0. The number of carbonyl (C=O) groups excluding carboxylic acids is 2. The van der Waals surface area contributed by atoms with Crippen LogP contribution in [0.3, 0.4) is 0 Å². The molecule has 4 fully saturated rings. The van der Waals surface area contributed by atoms with Crippen molar-refractivity contribution in [3.05, 3.63) is 60.2 Å². The molecule has 0 unspecified atom stereocenters. The smallest absolute Gasteiger partial charge is 0.338 e. The maximum absolute atomic E-state index is 13.0. The van der Waals surface area contributed by atoms with Crippen LogP contribution in [0.1, 0.15) is 48.9 Å². The Morgan fingerprint density at radius 3 is 1.93 bits per heavy atom. The Balaban J connectivity index is 1.18. The van der Waals surface area contributed by atoms with Crippen molar-refractivity contribution in [3.63, 3.8) is 0 Å². The average molecular weight is 390 g/mol. The van der Waals surface area contributed by atoms with Crippen LogP contribution < -0.4 is 4.74 Å². The average Bonchev–Trinajstić information content (AvgIpc) is 2.72. The predicted molar refractivity (Wildman–Crippen MR) is 109 cm³/mol. The quantitative estimate of drug-likeness (QED) is 0.618. The Labute approximate surface area is 171 Å². The summed E-state index contributed by atoms with van der Waals surface area (Å²) >= 11 is 0. The Bertz CT molecular complexity index is 865. The van der Waals surface area contributed by atoms with Gasteiger partial charge in [0.05, 0.1) is 5.56 Å². The molecule has 0 atom stereocenters. The highest BCUT2D eigenvalue weighted by Crippen LogP contribution is 2.60. The summed E-state index contributed by atoms with van der Waals surface area (Å²) in [5, 5.41) is 0. The lowest BCUT2D eigenvalue weighted by atomic mass is 9.48. The van der Waals surface area contributed by atoms with E-state index < -0.39 is 5.97 Å². The third-order valence-electron chi connectivity index (χ3n) is 7.03. The van der Waals surface area contributed by atoms with E-state index in [2.05, 4.69) is 0 Å². The van der Waals surface area contributed by atoms with Crippen molar-refractivity contribution in [2.24, 2.45) is 23.2 Å². The van der Waals surface area contributed by atoms with Crippen LogP contribution in [0.5, 0.6) is 11.5 Å². The zero-order valence-corrected chi connectivity index (χ0v) is 16.5. The van der Waals surface area contributed by atoms with Crippen LogP contribution in [0.4, 0.5) is 0 Å². The lowest BCUT2D eigenvalue weighted by molar-refractivity contribution is -0.147. The summed E-state index contributed by atoms with van der Waals surface area (Å²) in [4.78, 5) is 25.4. The molecule has 4 bridgehead atoms. The fraction of sp³-hybridized carbons (Fsp3) is 0.440.